The zero-order valence-corrected chi connectivity index (χ0v) is 13.0. The lowest BCUT2D eigenvalue weighted by molar-refractivity contribution is 0.340. The van der Waals surface area contributed by atoms with E-state index >= 15 is 0 Å². The van der Waals surface area contributed by atoms with Crippen LogP contribution in [0.25, 0.3) is 0 Å². The number of anilines is 1. The number of benzene rings is 2. The van der Waals surface area contributed by atoms with E-state index in [2.05, 4.69) is 33.4 Å². The van der Waals surface area contributed by atoms with Crippen LogP contribution in [0.5, 0.6) is 5.75 Å². The third kappa shape index (κ3) is 4.15. The standard InChI is InChI=1S/C15H15BrClNO/c1-2-19-15-7-6-13(9-14(15)17)18-10-11-4-3-5-12(16)8-11/h3-9,18H,2,10H2,1H3. The molecule has 0 radical (unpaired) electrons. The quantitative estimate of drug-likeness (QED) is 0.816. The summed E-state index contributed by atoms with van der Waals surface area (Å²) in [5.74, 6) is 0.720. The third-order valence-corrected chi connectivity index (χ3v) is 3.41. The Morgan fingerprint density at radius 2 is 2.05 bits per heavy atom. The maximum atomic E-state index is 6.14. The van der Waals surface area contributed by atoms with E-state index in [0.29, 0.717) is 11.6 Å². The normalized spacial score (nSPS) is 10.3. The molecule has 4 heteroatoms. The van der Waals surface area contributed by atoms with Gasteiger partial charge in [0.15, 0.2) is 0 Å². The second-order valence-corrected chi connectivity index (χ2v) is 5.38. The fourth-order valence-corrected chi connectivity index (χ4v) is 2.42. The van der Waals surface area contributed by atoms with Crippen molar-refractivity contribution in [1.82, 2.24) is 0 Å². The van der Waals surface area contributed by atoms with Crippen molar-refractivity contribution in [2.24, 2.45) is 0 Å². The molecule has 0 atom stereocenters. The van der Waals surface area contributed by atoms with E-state index in [1.54, 1.807) is 0 Å². The average molecular weight is 341 g/mol. The number of hydrogen-bond donors (Lipinski definition) is 1. The molecule has 0 aliphatic heterocycles. The number of hydrogen-bond acceptors (Lipinski definition) is 2. The van der Waals surface area contributed by atoms with Gasteiger partial charge in [0.05, 0.1) is 11.6 Å². The van der Waals surface area contributed by atoms with E-state index in [1.807, 2.05) is 37.3 Å². The van der Waals surface area contributed by atoms with E-state index in [1.165, 1.54) is 5.56 Å². The van der Waals surface area contributed by atoms with Gasteiger partial charge in [-0.05, 0) is 42.8 Å². The summed E-state index contributed by atoms with van der Waals surface area (Å²) < 4.78 is 6.48. The van der Waals surface area contributed by atoms with Gasteiger partial charge in [0, 0.05) is 16.7 Å². The zero-order chi connectivity index (χ0) is 13.7. The van der Waals surface area contributed by atoms with Gasteiger partial charge in [0.2, 0.25) is 0 Å². The summed E-state index contributed by atoms with van der Waals surface area (Å²) in [5.41, 5.74) is 2.19. The fraction of sp³-hybridized carbons (Fsp3) is 0.200. The van der Waals surface area contributed by atoms with Crippen LogP contribution >= 0.6 is 27.5 Å². The lowest BCUT2D eigenvalue weighted by Gasteiger charge is -2.10. The second kappa shape index (κ2) is 6.83. The van der Waals surface area contributed by atoms with Gasteiger partial charge in [0.1, 0.15) is 5.75 Å². The Balaban J connectivity index is 2.02. The van der Waals surface area contributed by atoms with Gasteiger partial charge < -0.3 is 10.1 Å². The molecule has 0 saturated heterocycles. The first-order valence-corrected chi connectivity index (χ1v) is 7.27. The van der Waals surface area contributed by atoms with Gasteiger partial charge >= 0.3 is 0 Å². The van der Waals surface area contributed by atoms with E-state index in [-0.39, 0.29) is 0 Å². The van der Waals surface area contributed by atoms with Crippen molar-refractivity contribution >= 4 is 33.2 Å². The van der Waals surface area contributed by atoms with E-state index in [4.69, 9.17) is 16.3 Å². The average Bonchev–Trinajstić information content (AvgIpc) is 2.39. The first-order valence-electron chi connectivity index (χ1n) is 6.09. The lowest BCUT2D eigenvalue weighted by Crippen LogP contribution is -2.00. The first kappa shape index (κ1) is 14.2. The van der Waals surface area contributed by atoms with Crippen LogP contribution in [0.1, 0.15) is 12.5 Å². The van der Waals surface area contributed by atoms with Crippen molar-refractivity contribution in [2.75, 3.05) is 11.9 Å². The summed E-state index contributed by atoms with van der Waals surface area (Å²) in [7, 11) is 0. The van der Waals surface area contributed by atoms with Crippen LogP contribution in [0.15, 0.2) is 46.9 Å². The Kier molecular flexibility index (Phi) is 5.11. The van der Waals surface area contributed by atoms with Crippen LogP contribution in [0.2, 0.25) is 5.02 Å². The summed E-state index contributed by atoms with van der Waals surface area (Å²) in [6, 6.07) is 13.9. The highest BCUT2D eigenvalue weighted by Crippen LogP contribution is 2.27. The van der Waals surface area contributed by atoms with Gasteiger partial charge in [-0.2, -0.15) is 0 Å². The largest absolute Gasteiger partial charge is 0.492 e. The molecule has 100 valence electrons. The van der Waals surface area contributed by atoms with E-state index in [9.17, 15) is 0 Å². The minimum absolute atomic E-state index is 0.616. The van der Waals surface area contributed by atoms with Gasteiger partial charge in [-0.1, -0.05) is 39.7 Å². The van der Waals surface area contributed by atoms with Crippen LogP contribution in [-0.4, -0.2) is 6.61 Å². The molecule has 0 unspecified atom stereocenters. The van der Waals surface area contributed by atoms with Crippen molar-refractivity contribution < 1.29 is 4.74 Å². The van der Waals surface area contributed by atoms with Crippen LogP contribution in [0.4, 0.5) is 5.69 Å². The third-order valence-electron chi connectivity index (χ3n) is 2.62. The molecule has 0 bridgehead atoms. The predicted octanol–water partition coefficient (Wildman–Crippen LogP) is 5.11. The summed E-state index contributed by atoms with van der Waals surface area (Å²) in [5, 5.41) is 3.96. The minimum Gasteiger partial charge on any atom is -0.492 e. The summed E-state index contributed by atoms with van der Waals surface area (Å²) >= 11 is 9.60. The lowest BCUT2D eigenvalue weighted by atomic mass is 10.2. The Morgan fingerprint density at radius 1 is 1.21 bits per heavy atom. The SMILES string of the molecule is CCOc1ccc(NCc2cccc(Br)c2)cc1Cl. The number of ether oxygens (including phenoxy) is 1. The highest BCUT2D eigenvalue weighted by molar-refractivity contribution is 9.10. The van der Waals surface area contributed by atoms with Crippen LogP contribution in [-0.2, 0) is 6.54 Å². The molecule has 0 aliphatic rings. The van der Waals surface area contributed by atoms with Crippen LogP contribution in [0.3, 0.4) is 0 Å². The molecule has 19 heavy (non-hydrogen) atoms. The maximum absolute atomic E-state index is 6.14. The molecule has 2 aromatic carbocycles. The molecule has 0 saturated carbocycles. The Labute approximate surface area is 126 Å². The summed E-state index contributed by atoms with van der Waals surface area (Å²) in [6.07, 6.45) is 0. The molecule has 0 fully saturated rings. The Bertz CT molecular complexity index is 560. The van der Waals surface area contributed by atoms with Crippen molar-refractivity contribution in [3.63, 3.8) is 0 Å². The monoisotopic (exact) mass is 339 g/mol. The topological polar surface area (TPSA) is 21.3 Å². The Hall–Kier alpha value is -1.19. The molecule has 2 nitrogen and oxygen atoms in total. The van der Waals surface area contributed by atoms with Gasteiger partial charge in [-0.25, -0.2) is 0 Å². The van der Waals surface area contributed by atoms with Crippen molar-refractivity contribution in [1.29, 1.82) is 0 Å². The van der Waals surface area contributed by atoms with Gasteiger partial charge in [-0.15, -0.1) is 0 Å². The van der Waals surface area contributed by atoms with Gasteiger partial charge in [0.25, 0.3) is 0 Å². The van der Waals surface area contributed by atoms with E-state index in [0.717, 1.165) is 22.5 Å². The van der Waals surface area contributed by atoms with Crippen LogP contribution in [0, 0.1) is 0 Å². The first-order chi connectivity index (χ1) is 9.19. The molecular formula is C15H15BrClNO. The molecule has 2 aromatic rings. The Morgan fingerprint density at radius 3 is 2.74 bits per heavy atom. The summed E-state index contributed by atoms with van der Waals surface area (Å²) in [6.45, 7) is 3.31. The molecule has 0 amide bonds. The molecule has 0 spiro atoms. The highest BCUT2D eigenvalue weighted by Gasteiger charge is 2.02. The minimum atomic E-state index is 0.616. The maximum Gasteiger partial charge on any atom is 0.138 e. The van der Waals surface area contributed by atoms with E-state index < -0.39 is 0 Å². The molecule has 1 N–H and O–H groups in total. The molecule has 0 heterocycles. The molecule has 2 rings (SSSR count). The van der Waals surface area contributed by atoms with Gasteiger partial charge in [-0.3, -0.25) is 0 Å². The number of nitrogens with one attached hydrogen (secondary N) is 1. The molecule has 0 aliphatic carbocycles. The molecule has 0 aromatic heterocycles. The van der Waals surface area contributed by atoms with Crippen LogP contribution < -0.4 is 10.1 Å². The number of rotatable bonds is 5. The van der Waals surface area contributed by atoms with Crippen molar-refractivity contribution in [2.45, 2.75) is 13.5 Å². The fourth-order valence-electron chi connectivity index (χ4n) is 1.73. The molecular weight excluding hydrogens is 326 g/mol. The smallest absolute Gasteiger partial charge is 0.138 e. The summed E-state index contributed by atoms with van der Waals surface area (Å²) in [4.78, 5) is 0. The van der Waals surface area contributed by atoms with Crippen molar-refractivity contribution in [3.8, 4) is 5.75 Å². The highest BCUT2D eigenvalue weighted by atomic mass is 79.9. The zero-order valence-electron chi connectivity index (χ0n) is 10.6. The number of halogens is 2. The predicted molar refractivity (Wildman–Crippen MR) is 84.1 cm³/mol. The van der Waals surface area contributed by atoms with Crippen molar-refractivity contribution in [3.05, 3.63) is 57.5 Å². The second-order valence-electron chi connectivity index (χ2n) is 4.06.